The summed E-state index contributed by atoms with van der Waals surface area (Å²) in [7, 11) is 0. The van der Waals surface area contributed by atoms with Gasteiger partial charge < -0.3 is 10.1 Å². The summed E-state index contributed by atoms with van der Waals surface area (Å²) in [6.07, 6.45) is -0.642. The largest absolute Gasteiger partial charge is 0.413 e. The Kier molecular flexibility index (Phi) is 5.24. The van der Waals surface area contributed by atoms with E-state index < -0.39 is 11.0 Å². The Morgan fingerprint density at radius 2 is 1.35 bits per heavy atom. The smallest absolute Gasteiger partial charge is 0.410 e. The third-order valence-electron chi connectivity index (χ3n) is 3.79. The van der Waals surface area contributed by atoms with Gasteiger partial charge in [0.2, 0.25) is 0 Å². The molecule has 0 spiro atoms. The van der Waals surface area contributed by atoms with Crippen molar-refractivity contribution in [2.45, 2.75) is 6.04 Å². The van der Waals surface area contributed by atoms with Crippen LogP contribution in [0.2, 0.25) is 0 Å². The number of nitro benzene ring substituents is 1. The normalized spacial score (nSPS) is 10.3. The SMILES string of the molecule is O=C(NC(c1ccccc1)c1ccccc1)Oc1ccc([N+](=O)[O-])cc1. The minimum atomic E-state index is -0.642. The fourth-order valence-electron chi connectivity index (χ4n) is 2.54. The molecule has 0 aliphatic heterocycles. The molecule has 130 valence electrons. The van der Waals surface area contributed by atoms with Gasteiger partial charge >= 0.3 is 6.09 Å². The van der Waals surface area contributed by atoms with E-state index in [1.165, 1.54) is 24.3 Å². The average Bonchev–Trinajstić information content (AvgIpc) is 2.68. The van der Waals surface area contributed by atoms with E-state index in [1.54, 1.807) is 0 Å². The van der Waals surface area contributed by atoms with Crippen molar-refractivity contribution in [3.63, 3.8) is 0 Å². The Labute approximate surface area is 150 Å². The summed E-state index contributed by atoms with van der Waals surface area (Å²) in [6.45, 7) is 0. The zero-order valence-electron chi connectivity index (χ0n) is 13.7. The number of hydrogen-bond donors (Lipinski definition) is 1. The van der Waals surface area contributed by atoms with Crippen molar-refractivity contribution in [3.8, 4) is 5.75 Å². The minimum absolute atomic E-state index is 0.0656. The van der Waals surface area contributed by atoms with E-state index in [2.05, 4.69) is 5.32 Å². The van der Waals surface area contributed by atoms with E-state index in [0.29, 0.717) is 0 Å². The second kappa shape index (κ2) is 7.94. The average molecular weight is 348 g/mol. The third-order valence-corrected chi connectivity index (χ3v) is 3.79. The zero-order valence-corrected chi connectivity index (χ0v) is 13.7. The Morgan fingerprint density at radius 3 is 1.81 bits per heavy atom. The summed E-state index contributed by atoms with van der Waals surface area (Å²) in [4.78, 5) is 22.5. The molecule has 0 saturated heterocycles. The molecule has 3 rings (SSSR count). The van der Waals surface area contributed by atoms with E-state index in [-0.39, 0.29) is 17.5 Å². The second-order valence-corrected chi connectivity index (χ2v) is 5.54. The molecular weight excluding hydrogens is 332 g/mol. The predicted octanol–water partition coefficient (Wildman–Crippen LogP) is 4.47. The zero-order chi connectivity index (χ0) is 18.4. The lowest BCUT2D eigenvalue weighted by Crippen LogP contribution is -2.31. The van der Waals surface area contributed by atoms with Crippen molar-refractivity contribution in [1.82, 2.24) is 5.32 Å². The number of carbonyl (C=O) groups is 1. The van der Waals surface area contributed by atoms with E-state index in [0.717, 1.165) is 11.1 Å². The van der Waals surface area contributed by atoms with E-state index in [9.17, 15) is 14.9 Å². The molecule has 6 nitrogen and oxygen atoms in total. The molecule has 0 unspecified atom stereocenters. The summed E-state index contributed by atoms with van der Waals surface area (Å²) < 4.78 is 5.25. The van der Waals surface area contributed by atoms with Crippen LogP contribution in [-0.2, 0) is 0 Å². The number of ether oxygens (including phenoxy) is 1. The number of amides is 1. The number of hydrogen-bond acceptors (Lipinski definition) is 4. The second-order valence-electron chi connectivity index (χ2n) is 5.54. The van der Waals surface area contributed by atoms with Crippen molar-refractivity contribution in [2.75, 3.05) is 0 Å². The number of nitrogens with one attached hydrogen (secondary N) is 1. The first-order valence-electron chi connectivity index (χ1n) is 7.96. The highest BCUT2D eigenvalue weighted by molar-refractivity contribution is 5.71. The van der Waals surface area contributed by atoms with Crippen LogP contribution in [-0.4, -0.2) is 11.0 Å². The highest BCUT2D eigenvalue weighted by Crippen LogP contribution is 2.23. The van der Waals surface area contributed by atoms with Crippen LogP contribution >= 0.6 is 0 Å². The number of nitrogens with zero attached hydrogens (tertiary/aromatic N) is 1. The molecule has 0 aromatic heterocycles. The highest BCUT2D eigenvalue weighted by atomic mass is 16.6. The maximum atomic E-state index is 12.3. The number of carbonyl (C=O) groups excluding carboxylic acids is 1. The number of nitro groups is 1. The Bertz CT molecular complexity index is 841. The van der Waals surface area contributed by atoms with Crippen molar-refractivity contribution >= 4 is 11.8 Å². The van der Waals surface area contributed by atoms with Crippen LogP contribution in [0.5, 0.6) is 5.75 Å². The van der Waals surface area contributed by atoms with Crippen LogP contribution in [0, 0.1) is 10.1 Å². The Morgan fingerprint density at radius 1 is 0.846 bits per heavy atom. The number of rotatable bonds is 5. The van der Waals surface area contributed by atoms with Gasteiger partial charge in [0, 0.05) is 12.1 Å². The van der Waals surface area contributed by atoms with Crippen molar-refractivity contribution in [2.24, 2.45) is 0 Å². The van der Waals surface area contributed by atoms with E-state index in [1.807, 2.05) is 60.7 Å². The van der Waals surface area contributed by atoms with Crippen LogP contribution in [0.1, 0.15) is 17.2 Å². The molecule has 6 heteroatoms. The van der Waals surface area contributed by atoms with Crippen molar-refractivity contribution in [3.05, 3.63) is 106 Å². The molecular formula is C20H16N2O4. The summed E-state index contributed by atoms with van der Waals surface area (Å²) in [6, 6.07) is 24.1. The van der Waals surface area contributed by atoms with Gasteiger partial charge in [-0.05, 0) is 23.3 Å². The summed E-state index contributed by atoms with van der Waals surface area (Å²) in [5, 5.41) is 13.5. The quantitative estimate of drug-likeness (QED) is 0.545. The topological polar surface area (TPSA) is 81.5 Å². The molecule has 0 aliphatic carbocycles. The van der Waals surface area contributed by atoms with Gasteiger partial charge in [-0.15, -0.1) is 0 Å². The van der Waals surface area contributed by atoms with Gasteiger partial charge in [0.1, 0.15) is 5.75 Å². The minimum Gasteiger partial charge on any atom is -0.410 e. The van der Waals surface area contributed by atoms with Gasteiger partial charge in [0.15, 0.2) is 0 Å². The van der Waals surface area contributed by atoms with E-state index in [4.69, 9.17) is 4.74 Å². The van der Waals surface area contributed by atoms with Gasteiger partial charge in [-0.1, -0.05) is 60.7 Å². The molecule has 1 N–H and O–H groups in total. The summed E-state index contributed by atoms with van der Waals surface area (Å²) in [5.41, 5.74) is 1.77. The van der Waals surface area contributed by atoms with Crippen LogP contribution in [0.4, 0.5) is 10.5 Å². The van der Waals surface area contributed by atoms with Crippen LogP contribution in [0.15, 0.2) is 84.9 Å². The number of benzene rings is 3. The molecule has 0 fully saturated rings. The van der Waals surface area contributed by atoms with Gasteiger partial charge in [0.25, 0.3) is 5.69 Å². The van der Waals surface area contributed by atoms with Gasteiger partial charge in [-0.3, -0.25) is 10.1 Å². The molecule has 0 aliphatic rings. The molecule has 0 bridgehead atoms. The lowest BCUT2D eigenvalue weighted by Gasteiger charge is -2.19. The molecule has 0 radical (unpaired) electrons. The number of non-ortho nitro benzene ring substituents is 1. The Hall–Kier alpha value is -3.67. The fraction of sp³-hybridized carbons (Fsp3) is 0.0500. The summed E-state index contributed by atoms with van der Waals surface area (Å²) in [5.74, 6) is 0.230. The first-order valence-corrected chi connectivity index (χ1v) is 7.96. The molecule has 0 heterocycles. The third kappa shape index (κ3) is 4.24. The molecule has 1 amide bonds. The van der Waals surface area contributed by atoms with E-state index >= 15 is 0 Å². The first kappa shape index (κ1) is 17.2. The molecule has 3 aromatic rings. The maximum Gasteiger partial charge on any atom is 0.413 e. The Balaban J connectivity index is 1.76. The van der Waals surface area contributed by atoms with Crippen LogP contribution in [0.3, 0.4) is 0 Å². The fourth-order valence-corrected chi connectivity index (χ4v) is 2.54. The van der Waals surface area contributed by atoms with Gasteiger partial charge in [-0.25, -0.2) is 4.79 Å². The summed E-state index contributed by atoms with van der Waals surface area (Å²) >= 11 is 0. The van der Waals surface area contributed by atoms with Crippen molar-refractivity contribution < 1.29 is 14.5 Å². The highest BCUT2D eigenvalue weighted by Gasteiger charge is 2.18. The van der Waals surface area contributed by atoms with Crippen LogP contribution in [0.25, 0.3) is 0 Å². The molecule has 0 atom stereocenters. The molecule has 3 aromatic carbocycles. The van der Waals surface area contributed by atoms with Gasteiger partial charge in [-0.2, -0.15) is 0 Å². The van der Waals surface area contributed by atoms with Crippen molar-refractivity contribution in [1.29, 1.82) is 0 Å². The first-order chi connectivity index (χ1) is 12.6. The standard InChI is InChI=1S/C20H16N2O4/c23-20(26-18-13-11-17(12-14-18)22(24)25)21-19(15-7-3-1-4-8-15)16-9-5-2-6-10-16/h1-14,19H,(H,21,23). The monoisotopic (exact) mass is 348 g/mol. The van der Waals surface area contributed by atoms with Gasteiger partial charge in [0.05, 0.1) is 11.0 Å². The maximum absolute atomic E-state index is 12.3. The lowest BCUT2D eigenvalue weighted by molar-refractivity contribution is -0.384. The predicted molar refractivity (Wildman–Crippen MR) is 97.0 cm³/mol. The lowest BCUT2D eigenvalue weighted by atomic mass is 9.99. The van der Waals surface area contributed by atoms with Crippen LogP contribution < -0.4 is 10.1 Å². The molecule has 26 heavy (non-hydrogen) atoms. The molecule has 0 saturated carbocycles.